The van der Waals surface area contributed by atoms with Crippen molar-refractivity contribution < 1.29 is 9.47 Å². The lowest BCUT2D eigenvalue weighted by molar-refractivity contribution is -0.0924. The quantitative estimate of drug-likeness (QED) is 0.828. The summed E-state index contributed by atoms with van der Waals surface area (Å²) >= 11 is 0. The van der Waals surface area contributed by atoms with Crippen molar-refractivity contribution in [2.75, 3.05) is 31.7 Å². The molecule has 1 aromatic carbocycles. The number of hydrogen-bond acceptors (Lipinski definition) is 3. The van der Waals surface area contributed by atoms with Crippen LogP contribution in [-0.2, 0) is 4.74 Å². The van der Waals surface area contributed by atoms with Crippen molar-refractivity contribution in [1.82, 2.24) is 0 Å². The molecular weight excluding hydrogens is 202 g/mol. The number of ether oxygens (including phenoxy) is 2. The zero-order valence-electron chi connectivity index (χ0n) is 9.95. The van der Waals surface area contributed by atoms with Crippen LogP contribution in [0, 0.1) is 5.41 Å². The highest BCUT2D eigenvalue weighted by atomic mass is 16.5. The summed E-state index contributed by atoms with van der Waals surface area (Å²) in [6.45, 7) is 7.58. The smallest absolute Gasteiger partial charge is 0.121 e. The molecule has 0 atom stereocenters. The van der Waals surface area contributed by atoms with Crippen LogP contribution in [0.2, 0.25) is 0 Å². The first-order valence-corrected chi connectivity index (χ1v) is 5.76. The monoisotopic (exact) mass is 221 g/mol. The Morgan fingerprint density at radius 2 is 2.25 bits per heavy atom. The molecule has 3 nitrogen and oxygen atoms in total. The highest BCUT2D eigenvalue weighted by Crippen LogP contribution is 2.27. The lowest BCUT2D eigenvalue weighted by Gasteiger charge is -2.38. The van der Waals surface area contributed by atoms with Gasteiger partial charge in [0.2, 0.25) is 0 Å². The molecule has 1 aromatic rings. The van der Waals surface area contributed by atoms with Crippen LogP contribution in [0.4, 0.5) is 5.69 Å². The summed E-state index contributed by atoms with van der Waals surface area (Å²) < 4.78 is 10.7. The predicted octanol–water partition coefficient (Wildman–Crippen LogP) is 2.53. The van der Waals surface area contributed by atoms with E-state index in [0.717, 1.165) is 31.2 Å². The SMILES string of the molecule is CCOc1cccc(NCC2(C)COC2)c1. The normalized spacial score (nSPS) is 17.6. The molecule has 1 saturated heterocycles. The minimum Gasteiger partial charge on any atom is -0.494 e. The van der Waals surface area contributed by atoms with E-state index in [1.165, 1.54) is 0 Å². The van der Waals surface area contributed by atoms with E-state index in [-0.39, 0.29) is 0 Å². The van der Waals surface area contributed by atoms with E-state index < -0.39 is 0 Å². The van der Waals surface area contributed by atoms with Crippen molar-refractivity contribution in [3.8, 4) is 5.75 Å². The molecule has 0 aromatic heterocycles. The van der Waals surface area contributed by atoms with Gasteiger partial charge in [0.15, 0.2) is 0 Å². The summed E-state index contributed by atoms with van der Waals surface area (Å²) in [7, 11) is 0. The van der Waals surface area contributed by atoms with E-state index in [0.29, 0.717) is 12.0 Å². The molecule has 1 aliphatic heterocycles. The van der Waals surface area contributed by atoms with Crippen LogP contribution in [0.15, 0.2) is 24.3 Å². The van der Waals surface area contributed by atoms with Crippen LogP contribution in [-0.4, -0.2) is 26.4 Å². The van der Waals surface area contributed by atoms with Gasteiger partial charge in [0.1, 0.15) is 5.75 Å². The molecular formula is C13H19NO2. The summed E-state index contributed by atoms with van der Waals surface area (Å²) in [5.41, 5.74) is 1.40. The summed E-state index contributed by atoms with van der Waals surface area (Å²) in [6.07, 6.45) is 0. The average Bonchev–Trinajstić information content (AvgIpc) is 2.25. The Balaban J connectivity index is 1.90. The second-order valence-electron chi connectivity index (χ2n) is 4.62. The van der Waals surface area contributed by atoms with Gasteiger partial charge >= 0.3 is 0 Å². The Morgan fingerprint density at radius 3 is 2.88 bits per heavy atom. The number of hydrogen-bond donors (Lipinski definition) is 1. The van der Waals surface area contributed by atoms with Crippen LogP contribution in [0.5, 0.6) is 5.75 Å². The third kappa shape index (κ3) is 2.67. The number of rotatable bonds is 5. The molecule has 16 heavy (non-hydrogen) atoms. The first kappa shape index (κ1) is 11.3. The van der Waals surface area contributed by atoms with Gasteiger partial charge in [0.05, 0.1) is 19.8 Å². The lowest BCUT2D eigenvalue weighted by atomic mass is 9.89. The molecule has 0 amide bonds. The zero-order valence-corrected chi connectivity index (χ0v) is 9.95. The van der Waals surface area contributed by atoms with Gasteiger partial charge in [-0.05, 0) is 19.1 Å². The minimum absolute atomic E-state index is 0.293. The Hall–Kier alpha value is -1.22. The van der Waals surface area contributed by atoms with E-state index in [1.807, 2.05) is 25.1 Å². The fourth-order valence-electron chi connectivity index (χ4n) is 1.73. The second-order valence-corrected chi connectivity index (χ2v) is 4.62. The molecule has 0 bridgehead atoms. The van der Waals surface area contributed by atoms with Crippen LogP contribution in [0.1, 0.15) is 13.8 Å². The van der Waals surface area contributed by atoms with Gasteiger partial charge in [-0.15, -0.1) is 0 Å². The van der Waals surface area contributed by atoms with Crippen molar-refractivity contribution in [2.45, 2.75) is 13.8 Å². The van der Waals surface area contributed by atoms with Gasteiger partial charge < -0.3 is 14.8 Å². The largest absolute Gasteiger partial charge is 0.494 e. The first-order valence-electron chi connectivity index (χ1n) is 5.76. The predicted molar refractivity (Wildman–Crippen MR) is 65.0 cm³/mol. The molecule has 2 rings (SSSR count). The Bertz CT molecular complexity index is 348. The van der Waals surface area contributed by atoms with Crippen molar-refractivity contribution in [1.29, 1.82) is 0 Å². The second kappa shape index (κ2) is 4.74. The van der Waals surface area contributed by atoms with Gasteiger partial charge in [0.25, 0.3) is 0 Å². The van der Waals surface area contributed by atoms with Crippen LogP contribution < -0.4 is 10.1 Å². The maximum absolute atomic E-state index is 5.45. The van der Waals surface area contributed by atoms with Crippen LogP contribution in [0.25, 0.3) is 0 Å². The van der Waals surface area contributed by atoms with Gasteiger partial charge in [-0.2, -0.15) is 0 Å². The van der Waals surface area contributed by atoms with E-state index in [9.17, 15) is 0 Å². The lowest BCUT2D eigenvalue weighted by Crippen LogP contribution is -2.45. The van der Waals surface area contributed by atoms with E-state index in [2.05, 4.69) is 18.3 Å². The van der Waals surface area contributed by atoms with Crippen molar-refractivity contribution in [2.24, 2.45) is 5.41 Å². The summed E-state index contributed by atoms with van der Waals surface area (Å²) in [4.78, 5) is 0. The molecule has 1 N–H and O–H groups in total. The van der Waals surface area contributed by atoms with Crippen molar-refractivity contribution in [3.05, 3.63) is 24.3 Å². The third-order valence-electron chi connectivity index (χ3n) is 2.77. The summed E-state index contributed by atoms with van der Waals surface area (Å²) in [6, 6.07) is 8.08. The highest BCUT2D eigenvalue weighted by Gasteiger charge is 2.32. The summed E-state index contributed by atoms with van der Waals surface area (Å²) in [5.74, 6) is 0.919. The number of nitrogens with one attached hydrogen (secondary N) is 1. The average molecular weight is 221 g/mol. The zero-order chi connectivity index (χ0) is 11.4. The molecule has 0 spiro atoms. The van der Waals surface area contributed by atoms with Gasteiger partial charge in [0, 0.05) is 23.7 Å². The Morgan fingerprint density at radius 1 is 1.44 bits per heavy atom. The number of anilines is 1. The van der Waals surface area contributed by atoms with E-state index in [4.69, 9.17) is 9.47 Å². The Labute approximate surface area is 96.8 Å². The summed E-state index contributed by atoms with van der Waals surface area (Å²) in [5, 5.41) is 3.43. The van der Waals surface area contributed by atoms with Crippen LogP contribution >= 0.6 is 0 Å². The molecule has 0 unspecified atom stereocenters. The van der Waals surface area contributed by atoms with Crippen molar-refractivity contribution in [3.63, 3.8) is 0 Å². The molecule has 88 valence electrons. The fraction of sp³-hybridized carbons (Fsp3) is 0.538. The molecule has 0 aliphatic carbocycles. The third-order valence-corrected chi connectivity index (χ3v) is 2.77. The molecule has 1 fully saturated rings. The highest BCUT2D eigenvalue weighted by molar-refractivity contribution is 5.48. The molecule has 1 aliphatic rings. The van der Waals surface area contributed by atoms with Gasteiger partial charge in [-0.1, -0.05) is 13.0 Å². The van der Waals surface area contributed by atoms with E-state index >= 15 is 0 Å². The van der Waals surface area contributed by atoms with Crippen LogP contribution in [0.3, 0.4) is 0 Å². The maximum Gasteiger partial charge on any atom is 0.121 e. The van der Waals surface area contributed by atoms with Crippen molar-refractivity contribution >= 4 is 5.69 Å². The van der Waals surface area contributed by atoms with Gasteiger partial charge in [-0.3, -0.25) is 0 Å². The van der Waals surface area contributed by atoms with E-state index in [1.54, 1.807) is 0 Å². The molecule has 0 saturated carbocycles. The molecule has 0 radical (unpaired) electrons. The minimum atomic E-state index is 0.293. The number of benzene rings is 1. The first-order chi connectivity index (χ1) is 7.72. The molecule has 3 heteroatoms. The van der Waals surface area contributed by atoms with Gasteiger partial charge in [-0.25, -0.2) is 0 Å². The fourth-order valence-corrected chi connectivity index (χ4v) is 1.73. The standard InChI is InChI=1S/C13H19NO2/c1-3-16-12-6-4-5-11(7-12)14-8-13(2)9-15-10-13/h4-7,14H,3,8-10H2,1-2H3. The maximum atomic E-state index is 5.45. The topological polar surface area (TPSA) is 30.5 Å². The molecule has 1 heterocycles. The Kier molecular flexibility index (Phi) is 3.34.